The molecular weight excluding hydrogens is 296 g/mol. The second-order valence-electron chi connectivity index (χ2n) is 6.61. The molecule has 0 N–H and O–H groups in total. The molecule has 0 radical (unpaired) electrons. The van der Waals surface area contributed by atoms with E-state index in [0.29, 0.717) is 6.04 Å². The molecule has 132 valence electrons. The quantitative estimate of drug-likeness (QED) is 0.686. The zero-order valence-corrected chi connectivity index (χ0v) is 15.7. The Balaban J connectivity index is 2.02. The molecule has 0 aliphatic carbocycles. The summed E-state index contributed by atoms with van der Waals surface area (Å²) in [5.41, 5.74) is 1.17. The second kappa shape index (κ2) is 9.45. The highest BCUT2D eigenvalue weighted by atomic mass is 15.3. The van der Waals surface area contributed by atoms with Crippen LogP contribution in [0.2, 0.25) is 0 Å². The molecule has 1 aliphatic rings. The minimum atomic E-state index is 0.438. The summed E-state index contributed by atoms with van der Waals surface area (Å²) in [6.45, 7) is 5.60. The topological polar surface area (TPSA) is 31.2 Å². The molecule has 1 aliphatic heterocycles. The van der Waals surface area contributed by atoms with Crippen molar-refractivity contribution in [3.8, 4) is 0 Å². The van der Waals surface area contributed by atoms with Crippen molar-refractivity contribution in [3.05, 3.63) is 30.3 Å². The molecule has 0 aromatic heterocycles. The van der Waals surface area contributed by atoms with Gasteiger partial charge in [-0.25, -0.2) is 0 Å². The van der Waals surface area contributed by atoms with E-state index in [0.717, 1.165) is 24.8 Å². The van der Waals surface area contributed by atoms with E-state index in [9.17, 15) is 0 Å². The normalized spacial score (nSPS) is 19.5. The molecule has 1 aromatic rings. The summed E-state index contributed by atoms with van der Waals surface area (Å²) in [6, 6.07) is 10.9. The van der Waals surface area contributed by atoms with Crippen LogP contribution in [0.1, 0.15) is 52.4 Å². The van der Waals surface area contributed by atoms with Crippen molar-refractivity contribution in [2.75, 3.05) is 25.5 Å². The van der Waals surface area contributed by atoms with Crippen LogP contribution < -0.4 is 4.90 Å². The lowest BCUT2D eigenvalue weighted by molar-refractivity contribution is 0.316. The monoisotopic (exact) mass is 328 g/mol. The van der Waals surface area contributed by atoms with Crippen LogP contribution in [0.5, 0.6) is 0 Å². The van der Waals surface area contributed by atoms with Crippen molar-refractivity contribution >= 4 is 17.5 Å². The highest BCUT2D eigenvalue weighted by molar-refractivity contribution is 6.06. The van der Waals surface area contributed by atoms with Crippen molar-refractivity contribution < 1.29 is 0 Å². The summed E-state index contributed by atoms with van der Waals surface area (Å²) >= 11 is 0. The van der Waals surface area contributed by atoms with E-state index in [4.69, 9.17) is 4.99 Å². The van der Waals surface area contributed by atoms with Crippen molar-refractivity contribution in [1.29, 1.82) is 0 Å². The van der Waals surface area contributed by atoms with Crippen LogP contribution in [0.15, 0.2) is 40.3 Å². The SMILES string of the molecule is CCCCCCCN1C(=NC)N=C(N(C)c2ccccc2)CC1C. The predicted octanol–water partition coefficient (Wildman–Crippen LogP) is 4.57. The standard InChI is InChI=1S/C20H32N4/c1-5-6-7-8-12-15-24-17(2)16-19(22-20(24)21-3)23(4)18-13-10-9-11-14-18/h9-11,13-14,17H,5-8,12,15-16H2,1-4H3. The minimum Gasteiger partial charge on any atom is -0.338 e. The molecule has 0 spiro atoms. The van der Waals surface area contributed by atoms with Gasteiger partial charge < -0.3 is 9.80 Å². The van der Waals surface area contributed by atoms with Crippen LogP contribution in [-0.4, -0.2) is 43.4 Å². The number of hydrogen-bond donors (Lipinski definition) is 0. The maximum Gasteiger partial charge on any atom is 0.222 e. The molecule has 0 saturated heterocycles. The molecule has 1 atom stereocenters. The molecule has 2 rings (SSSR count). The highest BCUT2D eigenvalue weighted by Gasteiger charge is 2.26. The third-order valence-electron chi connectivity index (χ3n) is 4.73. The first kappa shape index (κ1) is 18.5. The van der Waals surface area contributed by atoms with Crippen LogP contribution >= 0.6 is 0 Å². The van der Waals surface area contributed by atoms with E-state index < -0.39 is 0 Å². The van der Waals surface area contributed by atoms with Gasteiger partial charge in [-0.3, -0.25) is 4.99 Å². The van der Waals surface area contributed by atoms with Gasteiger partial charge in [0.05, 0.1) is 0 Å². The number of aliphatic imine (C=N–C) groups is 2. The summed E-state index contributed by atoms with van der Waals surface area (Å²) in [5, 5.41) is 0. The Hall–Kier alpha value is -1.84. The van der Waals surface area contributed by atoms with Crippen LogP contribution in [0.4, 0.5) is 5.69 Å². The zero-order valence-electron chi connectivity index (χ0n) is 15.7. The second-order valence-corrected chi connectivity index (χ2v) is 6.61. The van der Waals surface area contributed by atoms with Crippen molar-refractivity contribution in [2.45, 2.75) is 58.4 Å². The van der Waals surface area contributed by atoms with Crippen molar-refractivity contribution in [3.63, 3.8) is 0 Å². The first-order chi connectivity index (χ1) is 11.7. The number of unbranched alkanes of at least 4 members (excludes halogenated alkanes) is 4. The van der Waals surface area contributed by atoms with E-state index >= 15 is 0 Å². The first-order valence-corrected chi connectivity index (χ1v) is 9.27. The largest absolute Gasteiger partial charge is 0.338 e. The van der Waals surface area contributed by atoms with E-state index in [1.54, 1.807) is 0 Å². The summed E-state index contributed by atoms with van der Waals surface area (Å²) in [6.07, 6.45) is 7.45. The number of amidine groups is 1. The van der Waals surface area contributed by atoms with Gasteiger partial charge in [-0.2, -0.15) is 4.99 Å². The Morgan fingerprint density at radius 1 is 1.17 bits per heavy atom. The fourth-order valence-electron chi connectivity index (χ4n) is 3.19. The number of nitrogens with zero attached hydrogens (tertiary/aromatic N) is 4. The number of anilines is 1. The van der Waals surface area contributed by atoms with Gasteiger partial charge in [0, 0.05) is 38.8 Å². The van der Waals surface area contributed by atoms with Gasteiger partial charge in [0.2, 0.25) is 5.96 Å². The molecule has 0 saturated carbocycles. The third kappa shape index (κ3) is 4.83. The van der Waals surface area contributed by atoms with Crippen LogP contribution in [0, 0.1) is 0 Å². The average Bonchev–Trinajstić information content (AvgIpc) is 2.62. The zero-order chi connectivity index (χ0) is 17.4. The number of hydrogen-bond acceptors (Lipinski definition) is 2. The summed E-state index contributed by atoms with van der Waals surface area (Å²) < 4.78 is 0. The lowest BCUT2D eigenvalue weighted by Crippen LogP contribution is -2.47. The van der Waals surface area contributed by atoms with Crippen molar-refractivity contribution in [1.82, 2.24) is 4.90 Å². The molecule has 1 unspecified atom stereocenters. The molecule has 0 fully saturated rings. The maximum absolute atomic E-state index is 4.84. The molecule has 24 heavy (non-hydrogen) atoms. The Kier molecular flexibility index (Phi) is 7.29. The molecule has 0 amide bonds. The fraction of sp³-hybridized carbons (Fsp3) is 0.600. The first-order valence-electron chi connectivity index (χ1n) is 9.27. The average molecular weight is 329 g/mol. The fourth-order valence-corrected chi connectivity index (χ4v) is 3.19. The summed E-state index contributed by atoms with van der Waals surface area (Å²) in [4.78, 5) is 13.8. The molecule has 0 bridgehead atoms. The van der Waals surface area contributed by atoms with Gasteiger partial charge in [0.1, 0.15) is 5.84 Å². The number of benzene rings is 1. The Morgan fingerprint density at radius 3 is 2.54 bits per heavy atom. The highest BCUT2D eigenvalue weighted by Crippen LogP contribution is 2.20. The Morgan fingerprint density at radius 2 is 1.88 bits per heavy atom. The van der Waals surface area contributed by atoms with Gasteiger partial charge in [0.15, 0.2) is 0 Å². The smallest absolute Gasteiger partial charge is 0.222 e. The Bertz CT molecular complexity index is 550. The van der Waals surface area contributed by atoms with Crippen LogP contribution in [-0.2, 0) is 0 Å². The van der Waals surface area contributed by atoms with Crippen molar-refractivity contribution in [2.24, 2.45) is 9.98 Å². The molecule has 4 nitrogen and oxygen atoms in total. The van der Waals surface area contributed by atoms with Gasteiger partial charge in [-0.15, -0.1) is 0 Å². The summed E-state index contributed by atoms with van der Waals surface area (Å²) in [7, 11) is 3.94. The molecule has 1 aromatic carbocycles. The minimum absolute atomic E-state index is 0.438. The molecular formula is C20H32N4. The van der Waals surface area contributed by atoms with E-state index in [-0.39, 0.29) is 0 Å². The third-order valence-corrected chi connectivity index (χ3v) is 4.73. The number of para-hydroxylation sites is 1. The van der Waals surface area contributed by atoms with Gasteiger partial charge in [-0.1, -0.05) is 50.8 Å². The Labute approximate surface area is 147 Å². The summed E-state index contributed by atoms with van der Waals surface area (Å²) in [5.74, 6) is 1.97. The number of rotatable bonds is 7. The van der Waals surface area contributed by atoms with Crippen LogP contribution in [0.25, 0.3) is 0 Å². The van der Waals surface area contributed by atoms with Gasteiger partial charge in [0.25, 0.3) is 0 Å². The maximum atomic E-state index is 4.84. The lowest BCUT2D eigenvalue weighted by Gasteiger charge is -2.36. The van der Waals surface area contributed by atoms with Gasteiger partial charge in [-0.05, 0) is 25.5 Å². The molecule has 4 heteroatoms. The van der Waals surface area contributed by atoms with Gasteiger partial charge >= 0.3 is 0 Å². The predicted molar refractivity (Wildman–Crippen MR) is 105 cm³/mol. The number of guanidine groups is 1. The van der Waals surface area contributed by atoms with E-state index in [2.05, 4.69) is 60.0 Å². The molecule has 1 heterocycles. The van der Waals surface area contributed by atoms with Crippen LogP contribution in [0.3, 0.4) is 0 Å². The lowest BCUT2D eigenvalue weighted by atomic mass is 10.1. The van der Waals surface area contributed by atoms with E-state index in [1.807, 2.05) is 13.1 Å². The van der Waals surface area contributed by atoms with E-state index in [1.165, 1.54) is 37.8 Å².